The van der Waals surface area contributed by atoms with Gasteiger partial charge in [-0.05, 0) is 36.8 Å². The van der Waals surface area contributed by atoms with E-state index in [-0.39, 0.29) is 6.10 Å². The van der Waals surface area contributed by atoms with Gasteiger partial charge in [0.2, 0.25) is 0 Å². The Morgan fingerprint density at radius 2 is 1.29 bits per heavy atom. The average Bonchev–Trinajstić information content (AvgIpc) is 2.86. The molecule has 2 aliphatic rings. The molecule has 0 radical (unpaired) electrons. The molecule has 3 nitrogen and oxygen atoms in total. The van der Waals surface area contributed by atoms with Gasteiger partial charge in [0, 0.05) is 18.6 Å². The number of hydrogen-bond acceptors (Lipinski definition) is 3. The van der Waals surface area contributed by atoms with Crippen molar-refractivity contribution in [3.8, 4) is 0 Å². The molecule has 4 rings (SSSR count). The first kappa shape index (κ1) is 15.8. The maximum Gasteiger partial charge on any atom is 0.127 e. The van der Waals surface area contributed by atoms with E-state index in [0.717, 1.165) is 36.8 Å². The van der Waals surface area contributed by atoms with Gasteiger partial charge in [-0.15, -0.1) is 0 Å². The first-order chi connectivity index (χ1) is 11.7. The lowest BCUT2D eigenvalue weighted by molar-refractivity contribution is -0.0231. The molecule has 1 unspecified atom stereocenters. The summed E-state index contributed by atoms with van der Waals surface area (Å²) < 4.78 is 0. The minimum atomic E-state index is -1.02. The zero-order chi connectivity index (χ0) is 16.6. The molecule has 0 saturated carbocycles. The normalized spacial score (nSPS) is 27.3. The van der Waals surface area contributed by atoms with Crippen molar-refractivity contribution < 1.29 is 10.2 Å². The van der Waals surface area contributed by atoms with Gasteiger partial charge in [-0.1, -0.05) is 60.7 Å². The highest BCUT2D eigenvalue weighted by Crippen LogP contribution is 2.40. The van der Waals surface area contributed by atoms with E-state index in [1.807, 2.05) is 60.7 Å². The largest absolute Gasteiger partial charge is 0.393 e. The second-order valence-corrected chi connectivity index (χ2v) is 7.27. The Hall–Kier alpha value is -1.68. The zero-order valence-corrected chi connectivity index (χ0v) is 13.9. The quantitative estimate of drug-likeness (QED) is 0.909. The lowest BCUT2D eigenvalue weighted by Gasteiger charge is -2.42. The minimum Gasteiger partial charge on any atom is -0.393 e. The Labute approximate surface area is 143 Å². The third-order valence-corrected chi connectivity index (χ3v) is 5.77. The maximum atomic E-state index is 11.7. The van der Waals surface area contributed by atoms with Crippen LogP contribution < -0.4 is 0 Å². The number of hydrogen-bond donors (Lipinski definition) is 2. The molecule has 2 N–H and O–H groups in total. The molecular formula is C21H25NO2. The van der Waals surface area contributed by atoms with E-state index < -0.39 is 5.60 Å². The monoisotopic (exact) mass is 323 g/mol. The van der Waals surface area contributed by atoms with E-state index in [1.54, 1.807) is 0 Å². The zero-order valence-electron chi connectivity index (χ0n) is 13.9. The molecule has 2 heterocycles. The lowest BCUT2D eigenvalue weighted by Crippen LogP contribution is -2.51. The first-order valence-corrected chi connectivity index (χ1v) is 8.94. The van der Waals surface area contributed by atoms with Gasteiger partial charge in [-0.2, -0.15) is 0 Å². The highest BCUT2D eigenvalue weighted by molar-refractivity contribution is 5.36. The third kappa shape index (κ3) is 2.77. The van der Waals surface area contributed by atoms with Crippen molar-refractivity contribution in [1.29, 1.82) is 0 Å². The van der Waals surface area contributed by atoms with Gasteiger partial charge in [0.05, 0.1) is 6.10 Å². The van der Waals surface area contributed by atoms with Gasteiger partial charge < -0.3 is 10.2 Å². The number of benzene rings is 2. The summed E-state index contributed by atoms with van der Waals surface area (Å²) >= 11 is 0. The van der Waals surface area contributed by atoms with Crippen molar-refractivity contribution in [1.82, 2.24) is 4.90 Å². The summed E-state index contributed by atoms with van der Waals surface area (Å²) in [5.74, 6) is 0. The Balaban J connectivity index is 1.70. The van der Waals surface area contributed by atoms with Crippen LogP contribution in [0, 0.1) is 0 Å². The summed E-state index contributed by atoms with van der Waals surface area (Å²) in [5.41, 5.74) is 0.842. The third-order valence-electron chi connectivity index (χ3n) is 5.77. The molecule has 2 aliphatic heterocycles. The van der Waals surface area contributed by atoms with Crippen LogP contribution in [0.2, 0.25) is 0 Å². The predicted molar refractivity (Wildman–Crippen MR) is 94.6 cm³/mol. The van der Waals surface area contributed by atoms with Crippen LogP contribution >= 0.6 is 0 Å². The highest BCUT2D eigenvalue weighted by Gasteiger charge is 2.44. The van der Waals surface area contributed by atoms with Crippen molar-refractivity contribution >= 4 is 0 Å². The Bertz CT molecular complexity index is 619. The molecule has 2 aromatic rings. The van der Waals surface area contributed by atoms with E-state index in [2.05, 4.69) is 4.90 Å². The van der Waals surface area contributed by atoms with Gasteiger partial charge >= 0.3 is 0 Å². The number of piperidine rings is 1. The molecule has 2 saturated heterocycles. The average molecular weight is 323 g/mol. The van der Waals surface area contributed by atoms with Crippen LogP contribution in [0.1, 0.15) is 36.8 Å². The van der Waals surface area contributed by atoms with Crippen molar-refractivity contribution in [2.24, 2.45) is 0 Å². The van der Waals surface area contributed by atoms with E-state index in [0.29, 0.717) is 18.6 Å². The second kappa shape index (κ2) is 6.32. The van der Waals surface area contributed by atoms with E-state index in [9.17, 15) is 10.2 Å². The van der Waals surface area contributed by atoms with E-state index in [1.165, 1.54) is 0 Å². The van der Waals surface area contributed by atoms with Gasteiger partial charge in [0.1, 0.15) is 5.60 Å². The van der Waals surface area contributed by atoms with Crippen LogP contribution in [-0.2, 0) is 5.60 Å². The first-order valence-electron chi connectivity index (χ1n) is 8.94. The van der Waals surface area contributed by atoms with E-state index >= 15 is 0 Å². The molecule has 2 aromatic carbocycles. The molecule has 0 spiro atoms. The molecule has 2 fully saturated rings. The summed E-state index contributed by atoms with van der Waals surface area (Å²) in [7, 11) is 0. The Kier molecular flexibility index (Phi) is 4.17. The molecular weight excluding hydrogens is 298 g/mol. The van der Waals surface area contributed by atoms with Crippen molar-refractivity contribution in [3.63, 3.8) is 0 Å². The second-order valence-electron chi connectivity index (χ2n) is 7.27. The molecule has 0 amide bonds. The number of aliphatic hydroxyl groups is 2. The molecule has 126 valence electrons. The van der Waals surface area contributed by atoms with Gasteiger partial charge in [0.15, 0.2) is 0 Å². The number of rotatable bonds is 4. The summed E-state index contributed by atoms with van der Waals surface area (Å²) in [5, 5.41) is 21.8. The molecule has 3 heteroatoms. The molecule has 0 aromatic heterocycles. The van der Waals surface area contributed by atoms with Crippen molar-refractivity contribution in [3.05, 3.63) is 71.8 Å². The fourth-order valence-electron chi connectivity index (χ4n) is 4.54. The van der Waals surface area contributed by atoms with Crippen LogP contribution in [0.25, 0.3) is 0 Å². The van der Waals surface area contributed by atoms with Gasteiger partial charge in [0.25, 0.3) is 0 Å². The topological polar surface area (TPSA) is 43.7 Å². The van der Waals surface area contributed by atoms with Crippen LogP contribution in [0.4, 0.5) is 0 Å². The molecule has 24 heavy (non-hydrogen) atoms. The fourth-order valence-corrected chi connectivity index (χ4v) is 4.54. The van der Waals surface area contributed by atoms with Crippen LogP contribution in [0.5, 0.6) is 0 Å². The lowest BCUT2D eigenvalue weighted by atomic mass is 9.84. The number of fused-ring (bicyclic) bond motifs is 2. The van der Waals surface area contributed by atoms with E-state index in [4.69, 9.17) is 0 Å². The number of aliphatic hydroxyl groups excluding tert-OH is 1. The summed E-state index contributed by atoms with van der Waals surface area (Å²) in [6.45, 7) is 0.586. The van der Waals surface area contributed by atoms with Crippen molar-refractivity contribution in [2.75, 3.05) is 6.54 Å². The highest BCUT2D eigenvalue weighted by atomic mass is 16.3. The van der Waals surface area contributed by atoms with Gasteiger partial charge in [-0.3, -0.25) is 4.90 Å². The fraction of sp³-hybridized carbons (Fsp3) is 0.429. The van der Waals surface area contributed by atoms with Crippen molar-refractivity contribution in [2.45, 2.75) is 49.5 Å². The molecule has 3 atom stereocenters. The van der Waals surface area contributed by atoms with Crippen LogP contribution in [-0.4, -0.2) is 39.8 Å². The standard InChI is InChI=1S/C21H25NO2/c23-20-13-18-11-12-19(14-20)22(18)15-21(24,16-7-3-1-4-8-16)17-9-5-2-6-10-17/h1-10,18-20,23-24H,11-15H2/t18-,19+,20?. The maximum absolute atomic E-state index is 11.7. The predicted octanol–water partition coefficient (Wildman–Crippen LogP) is 2.91. The SMILES string of the molecule is OC1C[C@H]2CC[C@@H](C1)N2CC(O)(c1ccccc1)c1ccccc1. The Morgan fingerprint density at radius 3 is 1.75 bits per heavy atom. The molecule has 0 aliphatic carbocycles. The van der Waals surface area contributed by atoms with Crippen LogP contribution in [0.3, 0.4) is 0 Å². The van der Waals surface area contributed by atoms with Gasteiger partial charge in [-0.25, -0.2) is 0 Å². The smallest absolute Gasteiger partial charge is 0.127 e. The minimum absolute atomic E-state index is 0.180. The van der Waals surface area contributed by atoms with Crippen LogP contribution in [0.15, 0.2) is 60.7 Å². The number of nitrogens with zero attached hydrogens (tertiary/aromatic N) is 1. The summed E-state index contributed by atoms with van der Waals surface area (Å²) in [4.78, 5) is 2.44. The molecule has 2 bridgehead atoms. The summed E-state index contributed by atoms with van der Waals surface area (Å²) in [6.07, 6.45) is 3.73. The Morgan fingerprint density at radius 1 is 0.833 bits per heavy atom. The summed E-state index contributed by atoms with van der Waals surface area (Å²) in [6, 6.07) is 20.7.